The fraction of sp³-hybridized carbons (Fsp3) is 0.200. The largest absolute Gasteiger partial charge is 0.207 e. The van der Waals surface area contributed by atoms with E-state index >= 15 is 0 Å². The van der Waals surface area contributed by atoms with Gasteiger partial charge in [-0.2, -0.15) is 0 Å². The summed E-state index contributed by atoms with van der Waals surface area (Å²) in [7, 11) is 0. The zero-order valence-corrected chi connectivity index (χ0v) is 9.96. The molecule has 1 aromatic carbocycles. The molecule has 12 heavy (non-hydrogen) atoms. The van der Waals surface area contributed by atoms with Gasteiger partial charge in [-0.05, 0) is 23.6 Å². The molecule has 0 nitrogen and oxygen atoms in total. The first-order valence-corrected chi connectivity index (χ1v) is 3.62. The molecule has 0 heterocycles. The third-order valence-electron chi connectivity index (χ3n) is 1.73. The third-order valence-corrected chi connectivity index (χ3v) is 1.73. The van der Waals surface area contributed by atoms with Crippen LogP contribution in [-0.2, 0) is 32.7 Å². The molecule has 2 heteroatoms. The van der Waals surface area contributed by atoms with Gasteiger partial charge in [0.05, 0.1) is 0 Å². The number of halogens is 1. The number of benzene rings is 1. The second kappa shape index (κ2) is 5.61. The van der Waals surface area contributed by atoms with Crippen LogP contribution in [0.5, 0.6) is 0 Å². The molecule has 1 radical (unpaired) electrons. The maximum Gasteiger partial charge on any atom is 0.123 e. The zero-order valence-electron chi connectivity index (χ0n) is 7.13. The molecule has 0 fully saturated rings. The minimum absolute atomic E-state index is 0. The van der Waals surface area contributed by atoms with Gasteiger partial charge < -0.3 is 0 Å². The number of rotatable bonds is 2. The molecule has 63 valence electrons. The molecule has 0 amide bonds. The summed E-state index contributed by atoms with van der Waals surface area (Å²) in [5.74, 6) is 0.0434. The predicted octanol–water partition coefficient (Wildman–Crippen LogP) is 3.36. The van der Waals surface area contributed by atoms with Crippen molar-refractivity contribution in [2.45, 2.75) is 12.8 Å². The standard InChI is InChI=1S/C10H11F.Y.H2/c1-3-8(2)9-5-4-6-10(11)7-9;;/h3-8H,1H2,2H3;;1H/t8-;;/m1../s1. The molecule has 0 aliphatic rings. The Morgan fingerprint density at radius 2 is 2.25 bits per heavy atom. The quantitative estimate of drug-likeness (QED) is 0.696. The average Bonchev–Trinajstić information content (AvgIpc) is 2.03. The molecular formula is C10H13FY. The Morgan fingerprint density at radius 1 is 1.58 bits per heavy atom. The summed E-state index contributed by atoms with van der Waals surface area (Å²) >= 11 is 0. The van der Waals surface area contributed by atoms with Crippen LogP contribution in [0.3, 0.4) is 0 Å². The van der Waals surface area contributed by atoms with Gasteiger partial charge in [0, 0.05) is 34.1 Å². The summed E-state index contributed by atoms with van der Waals surface area (Å²) < 4.78 is 12.6. The molecule has 1 atom stereocenters. The van der Waals surface area contributed by atoms with E-state index in [1.807, 2.05) is 13.0 Å². The molecule has 0 aromatic heterocycles. The molecule has 0 spiro atoms. The molecule has 0 aliphatic heterocycles. The number of hydrogen-bond donors (Lipinski definition) is 0. The van der Waals surface area contributed by atoms with Crippen LogP contribution in [0.25, 0.3) is 0 Å². The Hall–Kier alpha value is -0.00610. The second-order valence-corrected chi connectivity index (χ2v) is 2.58. The first-order chi connectivity index (χ1) is 5.24. The van der Waals surface area contributed by atoms with E-state index in [4.69, 9.17) is 0 Å². The predicted molar refractivity (Wildman–Crippen MR) is 47.1 cm³/mol. The van der Waals surface area contributed by atoms with Crippen molar-refractivity contribution < 1.29 is 38.5 Å². The average molecular weight is 241 g/mol. The van der Waals surface area contributed by atoms with Crippen LogP contribution >= 0.6 is 0 Å². The monoisotopic (exact) mass is 241 g/mol. The molecule has 0 saturated carbocycles. The normalized spacial score (nSPS) is 11.5. The maximum absolute atomic E-state index is 12.6. The molecule has 0 bridgehead atoms. The van der Waals surface area contributed by atoms with Crippen molar-refractivity contribution in [1.82, 2.24) is 0 Å². The number of hydrogen-bond acceptors (Lipinski definition) is 0. The van der Waals surface area contributed by atoms with Crippen molar-refractivity contribution in [2.24, 2.45) is 0 Å². The van der Waals surface area contributed by atoms with E-state index in [1.54, 1.807) is 12.1 Å². The van der Waals surface area contributed by atoms with Gasteiger partial charge in [-0.3, -0.25) is 0 Å². The summed E-state index contributed by atoms with van der Waals surface area (Å²) in [6.07, 6.45) is 1.80. The van der Waals surface area contributed by atoms with Crippen molar-refractivity contribution in [3.8, 4) is 0 Å². The van der Waals surface area contributed by atoms with Gasteiger partial charge in [-0.25, -0.2) is 4.39 Å². The van der Waals surface area contributed by atoms with E-state index in [2.05, 4.69) is 6.58 Å². The minimum atomic E-state index is -0.184. The van der Waals surface area contributed by atoms with Gasteiger partial charge in [0.15, 0.2) is 0 Å². The van der Waals surface area contributed by atoms with E-state index in [0.717, 1.165) is 5.56 Å². The topological polar surface area (TPSA) is 0 Å². The van der Waals surface area contributed by atoms with Crippen LogP contribution in [-0.4, -0.2) is 0 Å². The Labute approximate surface area is 99.2 Å². The van der Waals surface area contributed by atoms with E-state index in [-0.39, 0.29) is 45.9 Å². The van der Waals surface area contributed by atoms with Crippen molar-refractivity contribution in [3.63, 3.8) is 0 Å². The van der Waals surface area contributed by atoms with E-state index in [9.17, 15) is 4.39 Å². The van der Waals surface area contributed by atoms with Crippen molar-refractivity contribution in [2.75, 3.05) is 0 Å². The Bertz CT molecular complexity index is 263. The van der Waals surface area contributed by atoms with Gasteiger partial charge in [0.2, 0.25) is 0 Å². The van der Waals surface area contributed by atoms with Crippen LogP contribution in [0.1, 0.15) is 19.8 Å². The first kappa shape index (κ1) is 12.0. The number of allylic oxidation sites excluding steroid dienone is 1. The summed E-state index contributed by atoms with van der Waals surface area (Å²) in [6.45, 7) is 5.63. The molecular weight excluding hydrogens is 228 g/mol. The Balaban J connectivity index is 0. The molecule has 0 aliphatic carbocycles. The molecule has 0 unspecified atom stereocenters. The van der Waals surface area contributed by atoms with Gasteiger partial charge in [-0.1, -0.05) is 25.1 Å². The van der Waals surface area contributed by atoms with E-state index < -0.39 is 0 Å². The van der Waals surface area contributed by atoms with Gasteiger partial charge in [0.25, 0.3) is 0 Å². The molecule has 0 saturated heterocycles. The molecule has 1 rings (SSSR count). The maximum atomic E-state index is 12.6. The second-order valence-electron chi connectivity index (χ2n) is 2.58. The Morgan fingerprint density at radius 3 is 2.75 bits per heavy atom. The van der Waals surface area contributed by atoms with Gasteiger partial charge in [0.1, 0.15) is 5.82 Å². The van der Waals surface area contributed by atoms with Gasteiger partial charge >= 0.3 is 0 Å². The summed E-state index contributed by atoms with van der Waals surface area (Å²) in [4.78, 5) is 0. The van der Waals surface area contributed by atoms with E-state index in [0.29, 0.717) is 0 Å². The zero-order chi connectivity index (χ0) is 8.27. The van der Waals surface area contributed by atoms with Crippen LogP contribution in [0, 0.1) is 5.82 Å². The molecule has 1 aromatic rings. The smallest absolute Gasteiger partial charge is 0.123 e. The summed E-state index contributed by atoms with van der Waals surface area (Å²) in [6, 6.07) is 6.59. The van der Waals surface area contributed by atoms with Crippen LogP contribution < -0.4 is 0 Å². The van der Waals surface area contributed by atoms with E-state index in [1.165, 1.54) is 12.1 Å². The fourth-order valence-corrected chi connectivity index (χ4v) is 0.926. The fourth-order valence-electron chi connectivity index (χ4n) is 0.926. The van der Waals surface area contributed by atoms with Crippen LogP contribution in [0.4, 0.5) is 4.39 Å². The van der Waals surface area contributed by atoms with Crippen LogP contribution in [0.15, 0.2) is 36.9 Å². The molecule has 0 N–H and O–H groups in total. The Kier molecular flexibility index (Phi) is 5.60. The first-order valence-electron chi connectivity index (χ1n) is 3.62. The van der Waals surface area contributed by atoms with Crippen molar-refractivity contribution in [1.29, 1.82) is 0 Å². The van der Waals surface area contributed by atoms with Gasteiger partial charge in [-0.15, -0.1) is 6.58 Å². The minimum Gasteiger partial charge on any atom is -0.207 e. The SMILES string of the molecule is C=C[C@@H](C)c1cccc(F)c1.[HH].[Y]. The summed E-state index contributed by atoms with van der Waals surface area (Å²) in [5, 5.41) is 0. The van der Waals surface area contributed by atoms with Crippen molar-refractivity contribution >= 4 is 0 Å². The third kappa shape index (κ3) is 3.16. The van der Waals surface area contributed by atoms with Crippen LogP contribution in [0.2, 0.25) is 0 Å². The summed E-state index contributed by atoms with van der Waals surface area (Å²) in [5.41, 5.74) is 0.972. The van der Waals surface area contributed by atoms with Crippen molar-refractivity contribution in [3.05, 3.63) is 48.3 Å².